The number of nitrogens with zero attached hydrogens (tertiary/aromatic N) is 3. The number of sulfonamides is 1. The van der Waals surface area contributed by atoms with Crippen molar-refractivity contribution in [1.29, 1.82) is 0 Å². The summed E-state index contributed by atoms with van der Waals surface area (Å²) < 4.78 is 34.8. The molecule has 1 N–H and O–H groups in total. The Labute approximate surface area is 142 Å². The number of furan rings is 1. The quantitative estimate of drug-likeness (QED) is 0.894. The van der Waals surface area contributed by atoms with Gasteiger partial charge >= 0.3 is 0 Å². The van der Waals surface area contributed by atoms with Crippen LogP contribution in [-0.4, -0.2) is 41.9 Å². The zero-order valence-electron chi connectivity index (χ0n) is 13.3. The van der Waals surface area contributed by atoms with Crippen LogP contribution in [0.4, 0.5) is 0 Å². The summed E-state index contributed by atoms with van der Waals surface area (Å²) in [5.41, 5.74) is 0. The lowest BCUT2D eigenvalue weighted by atomic mass is 10.2. The molecule has 128 valence electrons. The molecule has 0 bridgehead atoms. The minimum Gasteiger partial charge on any atom is -0.465 e. The van der Waals surface area contributed by atoms with Crippen LogP contribution >= 0.6 is 12.4 Å². The fourth-order valence-corrected chi connectivity index (χ4v) is 4.69. The summed E-state index contributed by atoms with van der Waals surface area (Å²) in [7, 11) is -1.75. The van der Waals surface area contributed by atoms with E-state index in [1.807, 2.05) is 17.8 Å². The highest BCUT2D eigenvalue weighted by Gasteiger charge is 2.37. The molecule has 3 heterocycles. The number of nitrogens with one attached hydrogen (secondary N) is 1. The van der Waals surface area contributed by atoms with E-state index in [-0.39, 0.29) is 23.3 Å². The Morgan fingerprint density at radius 3 is 2.70 bits per heavy atom. The molecule has 0 aromatic carbocycles. The van der Waals surface area contributed by atoms with Gasteiger partial charge in [0.05, 0.1) is 6.04 Å². The third-order valence-electron chi connectivity index (χ3n) is 3.93. The molecule has 0 spiro atoms. The molecule has 0 amide bonds. The first-order chi connectivity index (χ1) is 10.4. The van der Waals surface area contributed by atoms with Gasteiger partial charge in [-0.15, -0.1) is 12.4 Å². The van der Waals surface area contributed by atoms with Gasteiger partial charge in [0.25, 0.3) is 0 Å². The van der Waals surface area contributed by atoms with Crippen LogP contribution in [-0.2, 0) is 17.1 Å². The molecule has 0 radical (unpaired) electrons. The molecule has 0 saturated carbocycles. The van der Waals surface area contributed by atoms with E-state index >= 15 is 0 Å². The van der Waals surface area contributed by atoms with Crippen molar-refractivity contribution in [3.05, 3.63) is 35.8 Å². The zero-order chi connectivity index (χ0) is 15.9. The maximum absolute atomic E-state index is 13.0. The Bertz CT molecular complexity index is 784. The number of rotatable bonds is 3. The van der Waals surface area contributed by atoms with E-state index in [9.17, 15) is 8.42 Å². The predicted molar refractivity (Wildman–Crippen MR) is 88.1 cm³/mol. The van der Waals surface area contributed by atoms with Crippen molar-refractivity contribution >= 4 is 22.4 Å². The molecular weight excluding hydrogens is 340 g/mol. The maximum atomic E-state index is 13.0. The first-order valence-electron chi connectivity index (χ1n) is 7.18. The molecule has 2 aromatic rings. The van der Waals surface area contributed by atoms with Crippen LogP contribution in [0, 0.1) is 13.8 Å². The standard InChI is InChI=1S/C14H20N4O3S.ClH/c1-10-8-13(11(2)21-10)22(19,20)18-7-4-15-9-12(18)14-16-5-6-17(14)3;/h5-6,8,12,15H,4,7,9H2,1-3H3;1H. The molecule has 3 rings (SSSR count). The Balaban J connectivity index is 0.00000192. The molecule has 2 aromatic heterocycles. The van der Waals surface area contributed by atoms with Gasteiger partial charge in [-0.3, -0.25) is 0 Å². The highest BCUT2D eigenvalue weighted by molar-refractivity contribution is 7.89. The van der Waals surface area contributed by atoms with Crippen LogP contribution in [0.15, 0.2) is 27.8 Å². The molecular formula is C14H21ClN4O3S. The first-order valence-corrected chi connectivity index (χ1v) is 8.62. The van der Waals surface area contributed by atoms with Crippen molar-refractivity contribution in [1.82, 2.24) is 19.2 Å². The van der Waals surface area contributed by atoms with Crippen molar-refractivity contribution in [2.45, 2.75) is 24.8 Å². The number of piperazine rings is 1. The molecule has 1 fully saturated rings. The van der Waals surface area contributed by atoms with Crippen molar-refractivity contribution in [3.8, 4) is 0 Å². The topological polar surface area (TPSA) is 80.4 Å². The normalized spacial score (nSPS) is 19.5. The van der Waals surface area contributed by atoms with E-state index in [4.69, 9.17) is 4.42 Å². The second-order valence-corrected chi connectivity index (χ2v) is 7.37. The summed E-state index contributed by atoms with van der Waals surface area (Å²) in [4.78, 5) is 4.56. The van der Waals surface area contributed by atoms with Crippen LogP contribution in [0.25, 0.3) is 0 Å². The van der Waals surface area contributed by atoms with E-state index in [2.05, 4.69) is 10.3 Å². The monoisotopic (exact) mass is 360 g/mol. The van der Waals surface area contributed by atoms with Crippen molar-refractivity contribution in [2.24, 2.45) is 7.05 Å². The number of imidazole rings is 1. The summed E-state index contributed by atoms with van der Waals surface area (Å²) in [6, 6.07) is 1.26. The second-order valence-electron chi connectivity index (χ2n) is 5.51. The molecule has 0 aliphatic carbocycles. The van der Waals surface area contributed by atoms with Gasteiger partial charge in [-0.2, -0.15) is 4.31 Å². The minimum atomic E-state index is -3.62. The Morgan fingerprint density at radius 1 is 1.39 bits per heavy atom. The number of halogens is 1. The van der Waals surface area contributed by atoms with Gasteiger partial charge in [0.1, 0.15) is 22.2 Å². The van der Waals surface area contributed by atoms with Crippen LogP contribution in [0.3, 0.4) is 0 Å². The van der Waals surface area contributed by atoms with E-state index in [0.717, 1.165) is 5.82 Å². The lowest BCUT2D eigenvalue weighted by Crippen LogP contribution is -2.49. The molecule has 1 saturated heterocycles. The average molecular weight is 361 g/mol. The summed E-state index contributed by atoms with van der Waals surface area (Å²) in [6.45, 7) is 5.00. The molecule has 1 aliphatic heterocycles. The predicted octanol–water partition coefficient (Wildman–Crippen LogP) is 1.39. The summed E-state index contributed by atoms with van der Waals surface area (Å²) in [6.07, 6.45) is 3.50. The van der Waals surface area contributed by atoms with Crippen LogP contribution in [0.1, 0.15) is 23.4 Å². The van der Waals surface area contributed by atoms with E-state index in [0.29, 0.717) is 31.2 Å². The summed E-state index contributed by atoms with van der Waals surface area (Å²) in [5, 5.41) is 3.24. The first kappa shape index (κ1) is 18.0. The van der Waals surface area contributed by atoms with Gasteiger partial charge in [-0.05, 0) is 19.9 Å². The fraction of sp³-hybridized carbons (Fsp3) is 0.500. The number of aromatic nitrogens is 2. The van der Waals surface area contributed by atoms with Crippen LogP contribution in [0.2, 0.25) is 0 Å². The smallest absolute Gasteiger partial charge is 0.247 e. The van der Waals surface area contributed by atoms with Crippen LogP contribution < -0.4 is 5.32 Å². The largest absolute Gasteiger partial charge is 0.465 e. The number of hydrogen-bond acceptors (Lipinski definition) is 5. The molecule has 9 heteroatoms. The Kier molecular flexibility index (Phi) is 5.20. The van der Waals surface area contributed by atoms with Crippen LogP contribution in [0.5, 0.6) is 0 Å². The molecule has 1 unspecified atom stereocenters. The Hall–Kier alpha value is -1.35. The lowest BCUT2D eigenvalue weighted by molar-refractivity contribution is 0.258. The number of aryl methyl sites for hydroxylation is 3. The third kappa shape index (κ3) is 3.16. The fourth-order valence-electron chi connectivity index (χ4n) is 2.88. The summed E-state index contributed by atoms with van der Waals surface area (Å²) >= 11 is 0. The summed E-state index contributed by atoms with van der Waals surface area (Å²) in [5.74, 6) is 1.75. The zero-order valence-corrected chi connectivity index (χ0v) is 14.9. The van der Waals surface area contributed by atoms with Crippen molar-refractivity contribution in [3.63, 3.8) is 0 Å². The van der Waals surface area contributed by atoms with Gasteiger partial charge in [0.15, 0.2) is 0 Å². The van der Waals surface area contributed by atoms with Gasteiger partial charge < -0.3 is 14.3 Å². The van der Waals surface area contributed by atoms with E-state index in [1.54, 1.807) is 26.1 Å². The minimum absolute atomic E-state index is 0. The lowest BCUT2D eigenvalue weighted by Gasteiger charge is -2.34. The van der Waals surface area contributed by atoms with Crippen molar-refractivity contribution in [2.75, 3.05) is 19.6 Å². The third-order valence-corrected chi connectivity index (χ3v) is 5.95. The number of hydrogen-bond donors (Lipinski definition) is 1. The van der Waals surface area contributed by atoms with Gasteiger partial charge in [-0.1, -0.05) is 0 Å². The maximum Gasteiger partial charge on any atom is 0.247 e. The average Bonchev–Trinajstić information content (AvgIpc) is 3.04. The molecule has 23 heavy (non-hydrogen) atoms. The Morgan fingerprint density at radius 2 is 2.13 bits per heavy atom. The van der Waals surface area contributed by atoms with Gasteiger partial charge in [0, 0.05) is 39.1 Å². The molecule has 7 nitrogen and oxygen atoms in total. The molecule has 1 aliphatic rings. The molecule has 1 atom stereocenters. The van der Waals surface area contributed by atoms with Crippen molar-refractivity contribution < 1.29 is 12.8 Å². The van der Waals surface area contributed by atoms with Gasteiger partial charge in [0.2, 0.25) is 10.0 Å². The van der Waals surface area contributed by atoms with E-state index < -0.39 is 10.0 Å². The SMILES string of the molecule is Cc1cc(S(=O)(=O)N2CCNCC2c2nccn2C)c(C)o1.Cl. The van der Waals surface area contributed by atoms with E-state index in [1.165, 1.54) is 4.31 Å². The highest BCUT2D eigenvalue weighted by Crippen LogP contribution is 2.30. The highest BCUT2D eigenvalue weighted by atomic mass is 35.5. The second kappa shape index (κ2) is 6.64. The van der Waals surface area contributed by atoms with Gasteiger partial charge in [-0.25, -0.2) is 13.4 Å².